The molecule has 0 bridgehead atoms. The summed E-state index contributed by atoms with van der Waals surface area (Å²) < 4.78 is 5.70. The fourth-order valence-electron chi connectivity index (χ4n) is 4.11. The Morgan fingerprint density at radius 1 is 1.16 bits per heavy atom. The zero-order chi connectivity index (χ0) is 22.7. The molecule has 0 radical (unpaired) electrons. The molecule has 4 rings (SSSR count). The van der Waals surface area contributed by atoms with E-state index < -0.39 is 0 Å². The monoisotopic (exact) mass is 449 g/mol. The molecule has 1 N–H and O–H groups in total. The number of hydrogen-bond acceptors (Lipinski definition) is 5. The highest BCUT2D eigenvalue weighted by molar-refractivity contribution is 7.98. The third kappa shape index (κ3) is 4.53. The lowest BCUT2D eigenvalue weighted by molar-refractivity contribution is -0.116. The van der Waals surface area contributed by atoms with E-state index in [4.69, 9.17) is 4.42 Å². The molecule has 2 aromatic carbocycles. The molecule has 1 unspecified atom stereocenters. The van der Waals surface area contributed by atoms with Crippen molar-refractivity contribution in [2.45, 2.75) is 30.8 Å². The van der Waals surface area contributed by atoms with Crippen LogP contribution in [0.5, 0.6) is 0 Å². The number of carbonyl (C=O) groups excluding carboxylic acids is 2. The van der Waals surface area contributed by atoms with Crippen molar-refractivity contribution in [3.05, 3.63) is 77.7 Å². The molecule has 2 heterocycles. The van der Waals surface area contributed by atoms with Crippen LogP contribution in [0.1, 0.15) is 28.6 Å². The first-order chi connectivity index (χ1) is 15.5. The number of hydrogen-bond donors (Lipinski definition) is 1. The maximum absolute atomic E-state index is 13.1. The number of thioether (sulfide) groups is 1. The first-order valence-electron chi connectivity index (χ1n) is 10.6. The van der Waals surface area contributed by atoms with E-state index in [2.05, 4.69) is 35.3 Å². The average Bonchev–Trinajstić information content (AvgIpc) is 3.38. The molecule has 1 aliphatic heterocycles. The first-order valence-corrected chi connectivity index (χ1v) is 11.8. The van der Waals surface area contributed by atoms with E-state index in [0.29, 0.717) is 23.9 Å². The van der Waals surface area contributed by atoms with Gasteiger partial charge in [-0.2, -0.15) is 0 Å². The Hall–Kier alpha value is -3.19. The number of furan rings is 1. The number of anilines is 2. The Morgan fingerprint density at radius 2 is 1.91 bits per heavy atom. The van der Waals surface area contributed by atoms with Gasteiger partial charge in [0.1, 0.15) is 5.76 Å². The van der Waals surface area contributed by atoms with Crippen LogP contribution in [-0.4, -0.2) is 42.6 Å². The van der Waals surface area contributed by atoms with Crippen molar-refractivity contribution in [3.8, 4) is 0 Å². The molecule has 0 spiro atoms. The molecule has 0 saturated heterocycles. The number of carbonyl (C=O) groups is 2. The largest absolute Gasteiger partial charge is 0.467 e. The quantitative estimate of drug-likeness (QED) is 0.531. The van der Waals surface area contributed by atoms with Crippen LogP contribution in [0.3, 0.4) is 0 Å². The zero-order valence-electron chi connectivity index (χ0n) is 18.5. The van der Waals surface area contributed by atoms with Crippen LogP contribution in [0.15, 0.2) is 70.2 Å². The molecule has 0 aliphatic carbocycles. The Balaban J connectivity index is 1.43. The maximum atomic E-state index is 13.1. The van der Waals surface area contributed by atoms with Gasteiger partial charge in [-0.05, 0) is 49.4 Å². The van der Waals surface area contributed by atoms with Crippen LogP contribution in [0.2, 0.25) is 0 Å². The van der Waals surface area contributed by atoms with Crippen LogP contribution >= 0.6 is 11.8 Å². The van der Waals surface area contributed by atoms with Crippen molar-refractivity contribution < 1.29 is 14.0 Å². The number of nitrogens with one attached hydrogen (secondary N) is 1. The SMILES string of the molecule is CSc1ccccc1NC(=O)CN(C)C(=O)c1ccoc1CN1c2ccccc2CC1C. The molecule has 1 atom stereocenters. The minimum atomic E-state index is -0.241. The second-order valence-corrected chi connectivity index (χ2v) is 8.82. The fraction of sp³-hybridized carbons (Fsp3) is 0.280. The lowest BCUT2D eigenvalue weighted by Crippen LogP contribution is -2.36. The zero-order valence-corrected chi connectivity index (χ0v) is 19.3. The van der Waals surface area contributed by atoms with Crippen molar-refractivity contribution in [1.82, 2.24) is 4.90 Å². The summed E-state index contributed by atoms with van der Waals surface area (Å²) in [6, 6.07) is 17.9. The molecule has 32 heavy (non-hydrogen) atoms. The Bertz CT molecular complexity index is 1130. The van der Waals surface area contributed by atoms with Crippen molar-refractivity contribution in [3.63, 3.8) is 0 Å². The van der Waals surface area contributed by atoms with Crippen molar-refractivity contribution >= 4 is 35.0 Å². The van der Waals surface area contributed by atoms with Gasteiger partial charge < -0.3 is 19.5 Å². The van der Waals surface area contributed by atoms with E-state index >= 15 is 0 Å². The van der Waals surface area contributed by atoms with E-state index in [1.807, 2.05) is 36.6 Å². The topological polar surface area (TPSA) is 65.8 Å². The summed E-state index contributed by atoms with van der Waals surface area (Å²) in [4.78, 5) is 30.3. The molecule has 1 aromatic heterocycles. The van der Waals surface area contributed by atoms with Crippen molar-refractivity contribution in [1.29, 1.82) is 0 Å². The van der Waals surface area contributed by atoms with Crippen LogP contribution in [0, 0.1) is 0 Å². The number of fused-ring (bicyclic) bond motifs is 1. The summed E-state index contributed by atoms with van der Waals surface area (Å²) in [5.74, 6) is 0.134. The van der Waals surface area contributed by atoms with Gasteiger partial charge in [-0.3, -0.25) is 9.59 Å². The number of rotatable bonds is 7. The van der Waals surface area contributed by atoms with Crippen molar-refractivity contribution in [2.24, 2.45) is 0 Å². The highest BCUT2D eigenvalue weighted by atomic mass is 32.2. The summed E-state index contributed by atoms with van der Waals surface area (Å²) in [5, 5.41) is 2.90. The standard InChI is InChI=1S/C25H27N3O3S/c1-17-14-18-8-4-6-10-21(18)28(17)15-22-19(12-13-31-22)25(30)27(2)16-24(29)26-20-9-5-7-11-23(20)32-3/h4-13,17H,14-16H2,1-3H3,(H,26,29). The van der Waals surface area contributed by atoms with Crippen LogP contribution in [-0.2, 0) is 17.8 Å². The number of para-hydroxylation sites is 2. The molecule has 0 fully saturated rings. The normalized spacial score (nSPS) is 14.8. The van der Waals surface area contributed by atoms with E-state index in [-0.39, 0.29) is 18.4 Å². The number of likely N-dealkylation sites (N-methyl/N-ethyl adjacent to an activating group) is 1. The molecule has 6 nitrogen and oxygen atoms in total. The highest BCUT2D eigenvalue weighted by Crippen LogP contribution is 2.33. The molecular weight excluding hydrogens is 422 g/mol. The Labute approximate surface area is 192 Å². The van der Waals surface area contributed by atoms with Gasteiger partial charge in [-0.1, -0.05) is 30.3 Å². The third-order valence-corrected chi connectivity index (χ3v) is 6.54. The van der Waals surface area contributed by atoms with E-state index in [1.54, 1.807) is 24.9 Å². The third-order valence-electron chi connectivity index (χ3n) is 5.75. The fourth-order valence-corrected chi connectivity index (χ4v) is 4.66. The molecule has 7 heteroatoms. The Kier molecular flexibility index (Phi) is 6.55. The molecule has 1 aliphatic rings. The predicted molar refractivity (Wildman–Crippen MR) is 128 cm³/mol. The molecule has 0 saturated carbocycles. The van der Waals surface area contributed by atoms with E-state index in [9.17, 15) is 9.59 Å². The van der Waals surface area contributed by atoms with Crippen LogP contribution in [0.4, 0.5) is 11.4 Å². The summed E-state index contributed by atoms with van der Waals surface area (Å²) in [6.07, 6.45) is 4.47. The summed E-state index contributed by atoms with van der Waals surface area (Å²) in [6.45, 7) is 2.63. The minimum absolute atomic E-state index is 0.0465. The second-order valence-electron chi connectivity index (χ2n) is 7.98. The van der Waals surface area contributed by atoms with Gasteiger partial charge in [0.05, 0.1) is 30.6 Å². The summed E-state index contributed by atoms with van der Waals surface area (Å²) in [7, 11) is 1.63. The summed E-state index contributed by atoms with van der Waals surface area (Å²) in [5.41, 5.74) is 3.71. The van der Waals surface area contributed by atoms with Gasteiger partial charge in [0, 0.05) is 23.7 Å². The van der Waals surface area contributed by atoms with Gasteiger partial charge in [-0.25, -0.2) is 0 Å². The highest BCUT2D eigenvalue weighted by Gasteiger charge is 2.28. The Morgan fingerprint density at radius 3 is 2.72 bits per heavy atom. The number of amides is 2. The van der Waals surface area contributed by atoms with Gasteiger partial charge in [0.25, 0.3) is 5.91 Å². The average molecular weight is 450 g/mol. The van der Waals surface area contributed by atoms with E-state index in [0.717, 1.165) is 17.0 Å². The maximum Gasteiger partial charge on any atom is 0.257 e. The summed E-state index contributed by atoms with van der Waals surface area (Å²) >= 11 is 1.56. The van der Waals surface area contributed by atoms with Gasteiger partial charge >= 0.3 is 0 Å². The smallest absolute Gasteiger partial charge is 0.257 e. The minimum Gasteiger partial charge on any atom is -0.467 e. The van der Waals surface area contributed by atoms with Gasteiger partial charge in [0.2, 0.25) is 5.91 Å². The van der Waals surface area contributed by atoms with Gasteiger partial charge in [0.15, 0.2) is 0 Å². The molecule has 2 amide bonds. The van der Waals surface area contributed by atoms with Gasteiger partial charge in [-0.15, -0.1) is 11.8 Å². The van der Waals surface area contributed by atoms with Crippen LogP contribution in [0.25, 0.3) is 0 Å². The first kappa shape index (κ1) is 22.0. The molecule has 166 valence electrons. The van der Waals surface area contributed by atoms with Crippen LogP contribution < -0.4 is 10.2 Å². The number of nitrogens with zero attached hydrogens (tertiary/aromatic N) is 2. The molecule has 3 aromatic rings. The van der Waals surface area contributed by atoms with Crippen molar-refractivity contribution in [2.75, 3.05) is 30.1 Å². The predicted octanol–water partition coefficient (Wildman–Crippen LogP) is 4.66. The van der Waals surface area contributed by atoms with E-state index in [1.165, 1.54) is 22.4 Å². The lowest BCUT2D eigenvalue weighted by atomic mass is 10.1. The lowest BCUT2D eigenvalue weighted by Gasteiger charge is -2.24. The number of benzene rings is 2. The second kappa shape index (κ2) is 9.53. The molecular formula is C25H27N3O3S.